The molecular formula is C17H22N4. The molecular weight excluding hydrogens is 260 g/mol. The number of nitrogens with zero attached hydrogens (tertiary/aromatic N) is 3. The van der Waals surface area contributed by atoms with E-state index in [4.69, 9.17) is 0 Å². The predicted molar refractivity (Wildman–Crippen MR) is 85.5 cm³/mol. The van der Waals surface area contributed by atoms with Crippen LogP contribution in [-0.4, -0.2) is 35.4 Å². The van der Waals surface area contributed by atoms with Gasteiger partial charge < -0.3 is 10.2 Å². The molecule has 2 aliphatic rings. The highest BCUT2D eigenvalue weighted by Crippen LogP contribution is 2.32. The van der Waals surface area contributed by atoms with Gasteiger partial charge in [-0.2, -0.15) is 10.2 Å². The van der Waals surface area contributed by atoms with Gasteiger partial charge in [0.2, 0.25) is 0 Å². The molecule has 4 rings (SSSR count). The quantitative estimate of drug-likeness (QED) is 0.919. The Morgan fingerprint density at radius 3 is 2.95 bits per heavy atom. The van der Waals surface area contributed by atoms with E-state index in [2.05, 4.69) is 38.6 Å². The maximum Gasteiger partial charge on any atom is 0.0950 e. The zero-order valence-corrected chi connectivity index (χ0v) is 12.3. The second kappa shape index (κ2) is 5.60. The Hall–Kier alpha value is -1.68. The highest BCUT2D eigenvalue weighted by atomic mass is 15.2. The van der Waals surface area contributed by atoms with Crippen LogP contribution >= 0.6 is 0 Å². The van der Waals surface area contributed by atoms with Gasteiger partial charge in [-0.3, -0.25) is 0 Å². The fraction of sp³-hybridized carbons (Fsp3) is 0.529. The number of piperidine rings is 1. The third kappa shape index (κ3) is 2.38. The summed E-state index contributed by atoms with van der Waals surface area (Å²) in [6.45, 7) is 2.31. The van der Waals surface area contributed by atoms with E-state index in [0.29, 0.717) is 12.1 Å². The van der Waals surface area contributed by atoms with Crippen LogP contribution in [0.15, 0.2) is 30.5 Å². The lowest BCUT2D eigenvalue weighted by Gasteiger charge is -2.41. The van der Waals surface area contributed by atoms with Crippen molar-refractivity contribution in [1.82, 2.24) is 15.5 Å². The minimum atomic E-state index is 0.605. The molecule has 110 valence electrons. The molecule has 0 bridgehead atoms. The summed E-state index contributed by atoms with van der Waals surface area (Å²) in [6.07, 6.45) is 8.47. The largest absolute Gasteiger partial charge is 0.365 e. The molecule has 0 saturated carbocycles. The summed E-state index contributed by atoms with van der Waals surface area (Å²) in [5.41, 5.74) is 2.26. The van der Waals surface area contributed by atoms with Crippen LogP contribution in [0.25, 0.3) is 10.9 Å². The Morgan fingerprint density at radius 2 is 2.05 bits per heavy atom. The monoisotopic (exact) mass is 282 g/mol. The van der Waals surface area contributed by atoms with Crippen LogP contribution in [-0.2, 0) is 0 Å². The molecule has 3 heterocycles. The standard InChI is InChI=1S/C17H22N4/c1-2-7-14-13(6-1)17(12-19-20-14)21-11-4-3-9-16(21)15-8-5-10-18-15/h1-2,6-7,12,15-16,18H,3-5,8-11H2. The zero-order valence-electron chi connectivity index (χ0n) is 12.3. The first-order valence-corrected chi connectivity index (χ1v) is 8.14. The Kier molecular flexibility index (Phi) is 3.47. The Morgan fingerprint density at radius 1 is 1.10 bits per heavy atom. The molecule has 0 aliphatic carbocycles. The first kappa shape index (κ1) is 13.0. The molecule has 0 radical (unpaired) electrons. The van der Waals surface area contributed by atoms with Crippen LogP contribution in [0.2, 0.25) is 0 Å². The number of fused-ring (bicyclic) bond motifs is 1. The predicted octanol–water partition coefficient (Wildman–Crippen LogP) is 2.74. The molecule has 1 aromatic carbocycles. The van der Waals surface area contributed by atoms with E-state index in [-0.39, 0.29) is 0 Å². The molecule has 4 heteroatoms. The van der Waals surface area contributed by atoms with Crippen molar-refractivity contribution in [2.45, 2.75) is 44.2 Å². The fourth-order valence-electron chi connectivity index (χ4n) is 3.94. The molecule has 1 N–H and O–H groups in total. The normalized spacial score (nSPS) is 26.4. The number of nitrogens with one attached hydrogen (secondary N) is 1. The summed E-state index contributed by atoms with van der Waals surface area (Å²) in [5.74, 6) is 0. The number of aromatic nitrogens is 2. The van der Waals surface area contributed by atoms with E-state index in [9.17, 15) is 0 Å². The Labute approximate surface area is 125 Å². The highest BCUT2D eigenvalue weighted by Gasteiger charge is 2.32. The van der Waals surface area contributed by atoms with Gasteiger partial charge in [0.25, 0.3) is 0 Å². The zero-order chi connectivity index (χ0) is 14.1. The molecule has 2 saturated heterocycles. The minimum Gasteiger partial charge on any atom is -0.365 e. The van der Waals surface area contributed by atoms with Crippen LogP contribution < -0.4 is 10.2 Å². The van der Waals surface area contributed by atoms with Crippen molar-refractivity contribution in [1.29, 1.82) is 0 Å². The van der Waals surface area contributed by atoms with E-state index in [1.54, 1.807) is 0 Å². The van der Waals surface area contributed by atoms with Gasteiger partial charge in [0.05, 0.1) is 17.4 Å². The van der Waals surface area contributed by atoms with Crippen molar-refractivity contribution in [2.75, 3.05) is 18.0 Å². The van der Waals surface area contributed by atoms with Gasteiger partial charge in [-0.05, 0) is 44.7 Å². The topological polar surface area (TPSA) is 41.0 Å². The molecule has 4 nitrogen and oxygen atoms in total. The minimum absolute atomic E-state index is 0.605. The molecule has 1 aromatic heterocycles. The van der Waals surface area contributed by atoms with E-state index in [1.165, 1.54) is 49.7 Å². The van der Waals surface area contributed by atoms with Gasteiger partial charge in [0, 0.05) is 24.0 Å². The summed E-state index contributed by atoms with van der Waals surface area (Å²) >= 11 is 0. The van der Waals surface area contributed by atoms with E-state index in [0.717, 1.165) is 12.1 Å². The summed E-state index contributed by atoms with van der Waals surface area (Å²) in [7, 11) is 0. The second-order valence-electron chi connectivity index (χ2n) is 6.21. The van der Waals surface area contributed by atoms with E-state index < -0.39 is 0 Å². The number of rotatable bonds is 2. The average Bonchev–Trinajstić information content (AvgIpc) is 3.09. The van der Waals surface area contributed by atoms with Gasteiger partial charge in [-0.25, -0.2) is 0 Å². The van der Waals surface area contributed by atoms with Crippen molar-refractivity contribution in [3.05, 3.63) is 30.5 Å². The Balaban J connectivity index is 1.74. The number of hydrogen-bond acceptors (Lipinski definition) is 4. The summed E-state index contributed by atoms with van der Waals surface area (Å²) in [4.78, 5) is 2.59. The SMILES string of the molecule is c1ccc2c(N3CCCCC3C3CCCN3)cnnc2c1. The van der Waals surface area contributed by atoms with Gasteiger partial charge in [-0.15, -0.1) is 0 Å². The van der Waals surface area contributed by atoms with E-state index in [1.807, 2.05) is 12.3 Å². The van der Waals surface area contributed by atoms with Gasteiger partial charge in [0.15, 0.2) is 0 Å². The number of anilines is 1. The lowest BCUT2D eigenvalue weighted by Crippen LogP contribution is -2.50. The summed E-state index contributed by atoms with van der Waals surface area (Å²) in [5, 5.41) is 13.4. The van der Waals surface area contributed by atoms with Crippen molar-refractivity contribution < 1.29 is 0 Å². The maximum atomic E-state index is 4.27. The average molecular weight is 282 g/mol. The fourth-order valence-corrected chi connectivity index (χ4v) is 3.94. The molecule has 0 amide bonds. The smallest absolute Gasteiger partial charge is 0.0950 e. The van der Waals surface area contributed by atoms with Crippen LogP contribution in [0, 0.1) is 0 Å². The van der Waals surface area contributed by atoms with Crippen molar-refractivity contribution in [3.8, 4) is 0 Å². The van der Waals surface area contributed by atoms with Crippen LogP contribution in [0.3, 0.4) is 0 Å². The van der Waals surface area contributed by atoms with Gasteiger partial charge in [-0.1, -0.05) is 18.2 Å². The molecule has 21 heavy (non-hydrogen) atoms. The molecule has 2 aromatic rings. The van der Waals surface area contributed by atoms with Crippen LogP contribution in [0.1, 0.15) is 32.1 Å². The van der Waals surface area contributed by atoms with Crippen LogP contribution in [0.4, 0.5) is 5.69 Å². The van der Waals surface area contributed by atoms with Gasteiger partial charge in [0.1, 0.15) is 0 Å². The lowest BCUT2D eigenvalue weighted by atomic mass is 9.93. The molecule has 2 fully saturated rings. The van der Waals surface area contributed by atoms with Crippen molar-refractivity contribution in [2.24, 2.45) is 0 Å². The molecule has 0 spiro atoms. The molecule has 2 atom stereocenters. The first-order valence-electron chi connectivity index (χ1n) is 8.14. The molecule has 2 unspecified atom stereocenters. The third-order valence-electron chi connectivity index (χ3n) is 4.95. The van der Waals surface area contributed by atoms with Crippen molar-refractivity contribution >= 4 is 16.6 Å². The lowest BCUT2D eigenvalue weighted by molar-refractivity contribution is 0.378. The number of hydrogen-bond donors (Lipinski definition) is 1. The number of benzene rings is 1. The van der Waals surface area contributed by atoms with Crippen LogP contribution in [0.5, 0.6) is 0 Å². The maximum absolute atomic E-state index is 4.27. The third-order valence-corrected chi connectivity index (χ3v) is 4.95. The first-order chi connectivity index (χ1) is 10.4. The highest BCUT2D eigenvalue weighted by molar-refractivity contribution is 5.90. The summed E-state index contributed by atoms with van der Waals surface area (Å²) < 4.78 is 0. The summed E-state index contributed by atoms with van der Waals surface area (Å²) in [6, 6.07) is 9.60. The second-order valence-corrected chi connectivity index (χ2v) is 6.21. The van der Waals surface area contributed by atoms with Gasteiger partial charge >= 0.3 is 0 Å². The Bertz CT molecular complexity index is 616. The van der Waals surface area contributed by atoms with E-state index >= 15 is 0 Å². The molecule has 2 aliphatic heterocycles. The van der Waals surface area contributed by atoms with Crippen molar-refractivity contribution in [3.63, 3.8) is 0 Å².